The highest BCUT2D eigenvalue weighted by molar-refractivity contribution is 7.17. The Hall–Kier alpha value is -1.94. The fourth-order valence-corrected chi connectivity index (χ4v) is 2.34. The minimum atomic E-state index is -0.120. The summed E-state index contributed by atoms with van der Waals surface area (Å²) in [4.78, 5) is 12.1. The summed E-state index contributed by atoms with van der Waals surface area (Å²) in [7, 11) is 0. The fourth-order valence-electron chi connectivity index (χ4n) is 1.55. The van der Waals surface area contributed by atoms with E-state index in [1.165, 1.54) is 11.3 Å². The van der Waals surface area contributed by atoms with Gasteiger partial charge < -0.3 is 4.52 Å². The molecule has 3 rings (SSSR count). The number of benzene rings is 1. The van der Waals surface area contributed by atoms with Crippen LogP contribution in [0.2, 0.25) is 0 Å². The first-order chi connectivity index (χ1) is 7.86. The van der Waals surface area contributed by atoms with E-state index >= 15 is 0 Å². The summed E-state index contributed by atoms with van der Waals surface area (Å²) < 4.78 is 5.90. The smallest absolute Gasteiger partial charge is 0.232 e. The van der Waals surface area contributed by atoms with Gasteiger partial charge in [0.25, 0.3) is 0 Å². The summed E-state index contributed by atoms with van der Waals surface area (Å²) in [6, 6.07) is 10.9. The average molecular weight is 229 g/mol. The van der Waals surface area contributed by atoms with Crippen molar-refractivity contribution in [2.45, 2.75) is 0 Å². The lowest BCUT2D eigenvalue weighted by molar-refractivity contribution is 0.100. The van der Waals surface area contributed by atoms with Gasteiger partial charge in [0.15, 0.2) is 0 Å². The van der Waals surface area contributed by atoms with Crippen LogP contribution in [0.15, 0.2) is 46.3 Å². The van der Waals surface area contributed by atoms with Crippen LogP contribution in [0.25, 0.3) is 10.2 Å². The highest BCUT2D eigenvalue weighted by atomic mass is 32.1. The van der Waals surface area contributed by atoms with Crippen molar-refractivity contribution in [1.82, 2.24) is 5.16 Å². The van der Waals surface area contributed by atoms with Crippen molar-refractivity contribution in [1.29, 1.82) is 0 Å². The molecule has 0 N–H and O–H groups in total. The molecule has 0 radical (unpaired) electrons. The van der Waals surface area contributed by atoms with E-state index in [0.717, 1.165) is 10.2 Å². The highest BCUT2D eigenvalue weighted by Crippen LogP contribution is 2.25. The van der Waals surface area contributed by atoms with Crippen molar-refractivity contribution >= 4 is 27.3 Å². The average Bonchev–Trinajstić information content (AvgIpc) is 2.91. The third-order valence-electron chi connectivity index (χ3n) is 2.33. The Balaban J connectivity index is 2.12. The predicted octanol–water partition coefficient (Wildman–Crippen LogP) is 3.12. The Bertz CT molecular complexity index is 639. The van der Waals surface area contributed by atoms with Crippen LogP contribution in [0.3, 0.4) is 0 Å². The summed E-state index contributed by atoms with van der Waals surface area (Å²) in [5, 5.41) is 5.74. The Labute approximate surface area is 95.3 Å². The number of hydrogen-bond donors (Lipinski definition) is 0. The summed E-state index contributed by atoms with van der Waals surface area (Å²) in [6.45, 7) is 0. The Morgan fingerprint density at radius 3 is 2.81 bits per heavy atom. The molecule has 1 aromatic carbocycles. The minimum absolute atomic E-state index is 0.120. The number of aromatic nitrogens is 1. The molecule has 0 atom stereocenters. The van der Waals surface area contributed by atoms with Crippen molar-refractivity contribution in [3.63, 3.8) is 0 Å². The zero-order chi connectivity index (χ0) is 11.0. The zero-order valence-electron chi connectivity index (χ0n) is 8.21. The first-order valence-electron chi connectivity index (χ1n) is 4.79. The molecule has 0 spiro atoms. The Morgan fingerprint density at radius 1 is 1.19 bits per heavy atom. The van der Waals surface area contributed by atoms with Gasteiger partial charge >= 0.3 is 0 Å². The minimum Gasteiger partial charge on any atom is -0.351 e. The van der Waals surface area contributed by atoms with Gasteiger partial charge in [0.2, 0.25) is 11.5 Å². The van der Waals surface area contributed by atoms with Crippen LogP contribution in [0, 0.1) is 0 Å². The zero-order valence-corrected chi connectivity index (χ0v) is 9.03. The Morgan fingerprint density at radius 2 is 2.00 bits per heavy atom. The molecular formula is C12H7NO2S. The topological polar surface area (TPSA) is 43.1 Å². The Kier molecular flexibility index (Phi) is 2.08. The van der Waals surface area contributed by atoms with Crippen molar-refractivity contribution in [2.75, 3.05) is 0 Å². The number of thiophene rings is 1. The van der Waals surface area contributed by atoms with Gasteiger partial charge in [-0.25, -0.2) is 0 Å². The normalized spacial score (nSPS) is 10.8. The summed E-state index contributed by atoms with van der Waals surface area (Å²) in [5.74, 6) is 0.210. The van der Waals surface area contributed by atoms with E-state index in [-0.39, 0.29) is 5.78 Å². The van der Waals surface area contributed by atoms with Gasteiger partial charge in [-0.1, -0.05) is 35.5 Å². The maximum atomic E-state index is 12.1. The van der Waals surface area contributed by atoms with Crippen LogP contribution >= 0.6 is 11.3 Å². The molecule has 3 aromatic rings. The second-order valence-electron chi connectivity index (χ2n) is 3.34. The molecular weight excluding hydrogens is 222 g/mol. The van der Waals surface area contributed by atoms with Gasteiger partial charge in [-0.3, -0.25) is 4.79 Å². The van der Waals surface area contributed by atoms with Crippen molar-refractivity contribution in [3.8, 4) is 0 Å². The van der Waals surface area contributed by atoms with Gasteiger partial charge in [0.1, 0.15) is 10.2 Å². The number of hydrogen-bond acceptors (Lipinski definition) is 4. The first-order valence-corrected chi connectivity index (χ1v) is 5.67. The van der Waals surface area contributed by atoms with E-state index in [9.17, 15) is 4.79 Å². The monoisotopic (exact) mass is 229 g/mol. The molecule has 0 amide bonds. The second kappa shape index (κ2) is 3.57. The molecule has 0 saturated heterocycles. The summed E-state index contributed by atoms with van der Waals surface area (Å²) in [6.07, 6.45) is 0. The standard InChI is InChI=1S/C12H7NO2S/c14-10(8-4-2-1-3-5-8)11-12-9(13-15-11)6-7-16-12/h1-7H. The van der Waals surface area contributed by atoms with Gasteiger partial charge in [0, 0.05) is 5.56 Å². The second-order valence-corrected chi connectivity index (χ2v) is 4.26. The molecule has 0 saturated carbocycles. The largest absolute Gasteiger partial charge is 0.351 e. The lowest BCUT2D eigenvalue weighted by Gasteiger charge is -1.94. The van der Waals surface area contributed by atoms with E-state index in [4.69, 9.17) is 4.52 Å². The van der Waals surface area contributed by atoms with E-state index < -0.39 is 0 Å². The molecule has 4 heteroatoms. The van der Waals surface area contributed by atoms with Gasteiger partial charge in [-0.05, 0) is 11.4 Å². The molecule has 0 aliphatic heterocycles. The van der Waals surface area contributed by atoms with E-state index in [0.29, 0.717) is 11.3 Å². The molecule has 0 bridgehead atoms. The van der Waals surface area contributed by atoms with Crippen molar-refractivity contribution in [3.05, 3.63) is 53.1 Å². The van der Waals surface area contributed by atoms with E-state index in [1.54, 1.807) is 12.1 Å². The van der Waals surface area contributed by atoms with Crippen LogP contribution < -0.4 is 0 Å². The van der Waals surface area contributed by atoms with Gasteiger partial charge in [-0.2, -0.15) is 0 Å². The predicted molar refractivity (Wildman–Crippen MR) is 61.8 cm³/mol. The van der Waals surface area contributed by atoms with Crippen LogP contribution in [-0.4, -0.2) is 10.9 Å². The first kappa shape index (κ1) is 9.30. The summed E-state index contributed by atoms with van der Waals surface area (Å²) >= 11 is 1.47. The van der Waals surface area contributed by atoms with Crippen LogP contribution in [0.5, 0.6) is 0 Å². The molecule has 0 fully saturated rings. The SMILES string of the molecule is O=C(c1ccccc1)c1onc2ccsc12. The van der Waals surface area contributed by atoms with Crippen LogP contribution in [0.1, 0.15) is 16.1 Å². The number of ketones is 1. The molecule has 0 aliphatic carbocycles. The van der Waals surface area contributed by atoms with Gasteiger partial charge in [0.05, 0.1) is 0 Å². The lowest BCUT2D eigenvalue weighted by Crippen LogP contribution is -1.98. The molecule has 3 nitrogen and oxygen atoms in total. The van der Waals surface area contributed by atoms with E-state index in [1.807, 2.05) is 29.6 Å². The van der Waals surface area contributed by atoms with Crippen molar-refractivity contribution < 1.29 is 9.32 Å². The molecule has 16 heavy (non-hydrogen) atoms. The quantitative estimate of drug-likeness (QED) is 0.634. The van der Waals surface area contributed by atoms with Crippen molar-refractivity contribution in [2.24, 2.45) is 0 Å². The molecule has 0 unspecified atom stereocenters. The molecule has 2 aromatic heterocycles. The molecule has 78 valence electrons. The summed E-state index contributed by atoms with van der Waals surface area (Å²) in [5.41, 5.74) is 1.36. The van der Waals surface area contributed by atoms with E-state index in [2.05, 4.69) is 5.16 Å². The fraction of sp³-hybridized carbons (Fsp3) is 0. The third-order valence-corrected chi connectivity index (χ3v) is 3.23. The lowest BCUT2D eigenvalue weighted by atomic mass is 10.1. The third kappa shape index (κ3) is 1.35. The number of fused-ring (bicyclic) bond motifs is 1. The highest BCUT2D eigenvalue weighted by Gasteiger charge is 2.18. The maximum Gasteiger partial charge on any atom is 0.232 e. The van der Waals surface area contributed by atoms with Gasteiger partial charge in [-0.15, -0.1) is 11.3 Å². The number of nitrogens with zero attached hydrogens (tertiary/aromatic N) is 1. The number of rotatable bonds is 2. The molecule has 0 aliphatic rings. The maximum absolute atomic E-state index is 12.1. The molecule has 2 heterocycles. The number of carbonyl (C=O) groups excluding carboxylic acids is 1. The van der Waals surface area contributed by atoms with Crippen LogP contribution in [-0.2, 0) is 0 Å². The number of carbonyl (C=O) groups is 1. The van der Waals surface area contributed by atoms with Crippen LogP contribution in [0.4, 0.5) is 0 Å².